The summed E-state index contributed by atoms with van der Waals surface area (Å²) in [5, 5.41) is 6.89. The fraction of sp³-hybridized carbons (Fsp3) is 0.0333. The highest BCUT2D eigenvalue weighted by atomic mass is 16.4. The lowest BCUT2D eigenvalue weighted by molar-refractivity contribution is 0.589. The summed E-state index contributed by atoms with van der Waals surface area (Å²) < 4.78 is 6.48. The quantitative estimate of drug-likeness (QED) is 0.293. The molecule has 0 aliphatic carbocycles. The maximum Gasteiger partial charge on any atom is 0.227 e. The van der Waals surface area contributed by atoms with E-state index in [1.807, 2.05) is 48.5 Å². The van der Waals surface area contributed by atoms with Crippen molar-refractivity contribution >= 4 is 0 Å². The van der Waals surface area contributed by atoms with Gasteiger partial charge in [0.15, 0.2) is 5.76 Å². The summed E-state index contributed by atoms with van der Waals surface area (Å²) in [6.07, 6.45) is 2.22. The summed E-state index contributed by atoms with van der Waals surface area (Å²) in [5.41, 5.74) is 7.11. The van der Waals surface area contributed by atoms with Crippen molar-refractivity contribution in [1.29, 1.82) is 0 Å². The maximum absolute atomic E-state index is 6.48. The van der Waals surface area contributed by atoms with Gasteiger partial charge >= 0.3 is 0 Å². The Hall–Kier alpha value is -4.77. The van der Waals surface area contributed by atoms with Crippen LogP contribution < -0.4 is 0 Å². The van der Waals surface area contributed by atoms with Crippen LogP contribution in [-0.2, 0) is 6.42 Å². The van der Waals surface area contributed by atoms with E-state index in [2.05, 4.69) is 75.8 Å². The number of benzene rings is 4. The van der Waals surface area contributed by atoms with Crippen LogP contribution in [0.1, 0.15) is 11.4 Å². The topological polar surface area (TPSA) is 67.6 Å². The van der Waals surface area contributed by atoms with Crippen molar-refractivity contribution in [3.05, 3.63) is 127 Å². The normalized spacial score (nSPS) is 11.0. The number of hydrogen-bond acceptors (Lipinski definition) is 4. The van der Waals surface area contributed by atoms with Crippen molar-refractivity contribution in [2.75, 3.05) is 0 Å². The Morgan fingerprint density at radius 2 is 1.34 bits per heavy atom. The van der Waals surface area contributed by atoms with Crippen molar-refractivity contribution in [1.82, 2.24) is 20.2 Å². The summed E-state index contributed by atoms with van der Waals surface area (Å²) in [4.78, 5) is 9.26. The highest BCUT2D eigenvalue weighted by Gasteiger charge is 2.20. The largest absolute Gasteiger partial charge is 0.435 e. The van der Waals surface area contributed by atoms with E-state index in [1.165, 1.54) is 6.33 Å². The average Bonchev–Trinajstić information content (AvgIpc) is 3.60. The third-order valence-electron chi connectivity index (χ3n) is 5.94. The van der Waals surface area contributed by atoms with Gasteiger partial charge in [-0.25, -0.2) is 9.97 Å². The molecule has 0 atom stereocenters. The second-order valence-corrected chi connectivity index (χ2v) is 8.28. The van der Waals surface area contributed by atoms with Gasteiger partial charge in [0, 0.05) is 23.1 Å². The molecule has 168 valence electrons. The van der Waals surface area contributed by atoms with Crippen LogP contribution in [-0.4, -0.2) is 20.2 Å². The first-order chi connectivity index (χ1) is 17.3. The van der Waals surface area contributed by atoms with Gasteiger partial charge in [-0.05, 0) is 22.8 Å². The van der Waals surface area contributed by atoms with Crippen molar-refractivity contribution in [2.24, 2.45) is 0 Å². The summed E-state index contributed by atoms with van der Waals surface area (Å²) in [7, 11) is 0. The molecule has 0 spiro atoms. The highest BCUT2D eigenvalue weighted by molar-refractivity contribution is 5.84. The molecule has 6 aromatic rings. The third kappa shape index (κ3) is 4.27. The van der Waals surface area contributed by atoms with Crippen LogP contribution >= 0.6 is 0 Å². The van der Waals surface area contributed by atoms with Gasteiger partial charge in [0.25, 0.3) is 0 Å². The second kappa shape index (κ2) is 9.23. The molecule has 0 unspecified atom stereocenters. The summed E-state index contributed by atoms with van der Waals surface area (Å²) in [6.45, 7) is 0. The van der Waals surface area contributed by atoms with Crippen LogP contribution in [0.15, 0.2) is 120 Å². The lowest BCUT2D eigenvalue weighted by Gasteiger charge is -2.09. The predicted molar refractivity (Wildman–Crippen MR) is 137 cm³/mol. The minimum absolute atomic E-state index is 0.596. The van der Waals surface area contributed by atoms with E-state index >= 15 is 0 Å². The minimum Gasteiger partial charge on any atom is -0.435 e. The fourth-order valence-electron chi connectivity index (χ4n) is 4.29. The molecular weight excluding hydrogens is 432 g/mol. The lowest BCUT2D eigenvalue weighted by Crippen LogP contribution is -1.92. The lowest BCUT2D eigenvalue weighted by atomic mass is 9.97. The zero-order valence-electron chi connectivity index (χ0n) is 18.9. The molecule has 2 aromatic heterocycles. The van der Waals surface area contributed by atoms with E-state index in [1.54, 1.807) is 0 Å². The zero-order chi connectivity index (χ0) is 23.5. The van der Waals surface area contributed by atoms with Gasteiger partial charge in [-0.1, -0.05) is 103 Å². The van der Waals surface area contributed by atoms with Crippen molar-refractivity contribution in [3.8, 4) is 45.2 Å². The van der Waals surface area contributed by atoms with Gasteiger partial charge in [-0.15, -0.1) is 0 Å². The molecule has 1 N–H and O–H groups in total. The SMILES string of the molecule is c1ccc(-c2nc(-c3ccccc3-c3cccc(Cc4ncn[nH]4)c3)oc2-c2ccccc2)cc1. The fourth-order valence-corrected chi connectivity index (χ4v) is 4.29. The van der Waals surface area contributed by atoms with Crippen LogP contribution in [0.25, 0.3) is 45.2 Å². The molecule has 0 bridgehead atoms. The molecule has 0 aliphatic rings. The van der Waals surface area contributed by atoms with E-state index in [4.69, 9.17) is 9.40 Å². The molecule has 0 radical (unpaired) electrons. The van der Waals surface area contributed by atoms with Crippen molar-refractivity contribution in [3.63, 3.8) is 0 Å². The monoisotopic (exact) mass is 454 g/mol. The summed E-state index contributed by atoms with van der Waals surface area (Å²) in [5.74, 6) is 2.20. The second-order valence-electron chi connectivity index (χ2n) is 8.28. The molecular formula is C30H22N4O. The Balaban J connectivity index is 1.46. The first-order valence-electron chi connectivity index (χ1n) is 11.5. The van der Waals surface area contributed by atoms with E-state index < -0.39 is 0 Å². The Morgan fingerprint density at radius 1 is 0.657 bits per heavy atom. The number of aromatic nitrogens is 4. The van der Waals surface area contributed by atoms with E-state index in [0.29, 0.717) is 12.3 Å². The van der Waals surface area contributed by atoms with E-state index in [9.17, 15) is 0 Å². The van der Waals surface area contributed by atoms with Crippen LogP contribution in [0.2, 0.25) is 0 Å². The number of aromatic amines is 1. The van der Waals surface area contributed by atoms with Gasteiger partial charge in [0.05, 0.1) is 0 Å². The van der Waals surface area contributed by atoms with Gasteiger partial charge in [-0.2, -0.15) is 5.10 Å². The number of nitrogens with one attached hydrogen (secondary N) is 1. The Morgan fingerprint density at radius 3 is 2.09 bits per heavy atom. The standard InChI is InChI=1S/C30H22N4O/c1-3-11-22(12-4-1)28-29(23-13-5-2-6-14-23)35-30(33-28)26-17-8-7-16-25(26)24-15-9-10-21(18-24)19-27-31-20-32-34-27/h1-18,20H,19H2,(H,31,32,34). The molecule has 0 saturated carbocycles. The highest BCUT2D eigenvalue weighted by Crippen LogP contribution is 2.39. The van der Waals surface area contributed by atoms with Crippen LogP contribution in [0, 0.1) is 0 Å². The zero-order valence-corrected chi connectivity index (χ0v) is 18.9. The van der Waals surface area contributed by atoms with Gasteiger partial charge in [0.1, 0.15) is 17.8 Å². The molecule has 35 heavy (non-hydrogen) atoms. The van der Waals surface area contributed by atoms with Gasteiger partial charge < -0.3 is 4.42 Å². The van der Waals surface area contributed by atoms with Crippen LogP contribution in [0.3, 0.4) is 0 Å². The van der Waals surface area contributed by atoms with Crippen molar-refractivity contribution in [2.45, 2.75) is 6.42 Å². The van der Waals surface area contributed by atoms with Crippen LogP contribution in [0.4, 0.5) is 0 Å². The number of nitrogens with zero attached hydrogens (tertiary/aromatic N) is 3. The minimum atomic E-state index is 0.596. The third-order valence-corrected chi connectivity index (χ3v) is 5.94. The first kappa shape index (κ1) is 20.8. The van der Waals surface area contributed by atoms with E-state index in [0.717, 1.165) is 50.7 Å². The molecule has 4 aromatic carbocycles. The molecule has 0 aliphatic heterocycles. The number of rotatable bonds is 6. The summed E-state index contributed by atoms with van der Waals surface area (Å²) >= 11 is 0. The number of hydrogen-bond donors (Lipinski definition) is 1. The molecule has 0 amide bonds. The smallest absolute Gasteiger partial charge is 0.227 e. The number of H-pyrrole nitrogens is 1. The molecule has 0 fully saturated rings. The predicted octanol–water partition coefficient (Wildman–Crippen LogP) is 7.05. The van der Waals surface area contributed by atoms with Gasteiger partial charge in [0.2, 0.25) is 5.89 Å². The average molecular weight is 455 g/mol. The molecule has 5 nitrogen and oxygen atoms in total. The van der Waals surface area contributed by atoms with Gasteiger partial charge in [-0.3, -0.25) is 5.10 Å². The molecule has 6 rings (SSSR count). The molecule has 5 heteroatoms. The van der Waals surface area contributed by atoms with Crippen LogP contribution in [0.5, 0.6) is 0 Å². The Bertz CT molecular complexity index is 1500. The molecule has 2 heterocycles. The maximum atomic E-state index is 6.48. The Kier molecular flexibility index (Phi) is 5.49. The van der Waals surface area contributed by atoms with Crippen molar-refractivity contribution < 1.29 is 4.42 Å². The molecule has 0 saturated heterocycles. The Labute approximate surface area is 203 Å². The first-order valence-corrected chi connectivity index (χ1v) is 11.5. The van der Waals surface area contributed by atoms with E-state index in [-0.39, 0.29) is 0 Å². The summed E-state index contributed by atoms with van der Waals surface area (Å²) in [6, 6.07) is 37.0. The number of oxazole rings is 1.